The summed E-state index contributed by atoms with van der Waals surface area (Å²) in [6.45, 7) is 2.54. The zero-order valence-corrected chi connectivity index (χ0v) is 10.3. The van der Waals surface area contributed by atoms with Crippen LogP contribution in [-0.2, 0) is 4.79 Å². The fraction of sp³-hybridized carbons (Fsp3) is 0.917. The fourth-order valence-corrected chi connectivity index (χ4v) is 1.55. The molecule has 0 atom stereocenters. The third-order valence-electron chi connectivity index (χ3n) is 2.56. The molecule has 1 heterocycles. The van der Waals surface area contributed by atoms with Gasteiger partial charge in [-0.25, -0.2) is 0 Å². The van der Waals surface area contributed by atoms with Gasteiger partial charge in [0.15, 0.2) is 0 Å². The van der Waals surface area contributed by atoms with Crippen molar-refractivity contribution in [2.45, 2.75) is 51.4 Å². The maximum Gasteiger partial charge on any atom is 0.219 e. The number of carbonyl (C=O) groups is 1. The van der Waals surface area contributed by atoms with E-state index in [9.17, 15) is 4.79 Å². The van der Waals surface area contributed by atoms with Gasteiger partial charge in [-0.05, 0) is 38.8 Å². The van der Waals surface area contributed by atoms with Gasteiger partial charge in [-0.1, -0.05) is 19.3 Å². The third kappa shape index (κ3) is 11.5. The van der Waals surface area contributed by atoms with Crippen LogP contribution in [-0.4, -0.2) is 25.5 Å². The molecule has 1 aliphatic rings. The highest BCUT2D eigenvalue weighted by Gasteiger charge is 2.03. The SMILES string of the molecule is NCCCCCCN.O=C1CCCCCN1. The van der Waals surface area contributed by atoms with Gasteiger partial charge in [0.2, 0.25) is 5.91 Å². The van der Waals surface area contributed by atoms with E-state index in [-0.39, 0.29) is 5.91 Å². The van der Waals surface area contributed by atoms with Crippen molar-refractivity contribution < 1.29 is 4.79 Å². The van der Waals surface area contributed by atoms with Crippen molar-refractivity contribution >= 4 is 5.91 Å². The van der Waals surface area contributed by atoms with Gasteiger partial charge in [0.25, 0.3) is 0 Å². The van der Waals surface area contributed by atoms with Crippen molar-refractivity contribution in [1.29, 1.82) is 0 Å². The zero-order valence-electron chi connectivity index (χ0n) is 10.3. The summed E-state index contributed by atoms with van der Waals surface area (Å²) in [7, 11) is 0. The lowest BCUT2D eigenvalue weighted by Gasteiger charge is -1.94. The molecule has 1 aliphatic heterocycles. The van der Waals surface area contributed by atoms with Gasteiger partial charge in [0.1, 0.15) is 0 Å². The number of unbranched alkanes of at least 4 members (excludes halogenated alkanes) is 3. The molecule has 1 amide bonds. The van der Waals surface area contributed by atoms with Crippen LogP contribution >= 0.6 is 0 Å². The number of amides is 1. The third-order valence-corrected chi connectivity index (χ3v) is 2.56. The van der Waals surface area contributed by atoms with Crippen molar-refractivity contribution in [2.75, 3.05) is 19.6 Å². The number of rotatable bonds is 5. The molecule has 0 aliphatic carbocycles. The van der Waals surface area contributed by atoms with Crippen molar-refractivity contribution in [3.8, 4) is 0 Å². The monoisotopic (exact) mass is 229 g/mol. The van der Waals surface area contributed by atoms with Crippen molar-refractivity contribution in [3.63, 3.8) is 0 Å². The maximum atomic E-state index is 10.6. The largest absolute Gasteiger partial charge is 0.356 e. The van der Waals surface area contributed by atoms with Crippen LogP contribution in [0.15, 0.2) is 0 Å². The Hall–Kier alpha value is -0.610. The Morgan fingerprint density at radius 2 is 1.56 bits per heavy atom. The van der Waals surface area contributed by atoms with E-state index < -0.39 is 0 Å². The molecule has 0 bridgehead atoms. The van der Waals surface area contributed by atoms with Crippen LogP contribution in [0.3, 0.4) is 0 Å². The lowest BCUT2D eigenvalue weighted by Crippen LogP contribution is -2.21. The first kappa shape index (κ1) is 15.4. The molecule has 0 aromatic heterocycles. The minimum Gasteiger partial charge on any atom is -0.356 e. The van der Waals surface area contributed by atoms with E-state index in [1.54, 1.807) is 0 Å². The predicted molar refractivity (Wildman–Crippen MR) is 68.1 cm³/mol. The highest BCUT2D eigenvalue weighted by molar-refractivity contribution is 5.75. The lowest BCUT2D eigenvalue weighted by atomic mass is 10.2. The molecule has 0 saturated carbocycles. The van der Waals surface area contributed by atoms with E-state index >= 15 is 0 Å². The van der Waals surface area contributed by atoms with Gasteiger partial charge in [-0.2, -0.15) is 0 Å². The standard InChI is InChI=1S/C6H16N2.C6H11NO/c7-5-3-1-2-4-6-8;8-6-4-2-1-3-5-7-6/h1-8H2;1-5H2,(H,7,8). The van der Waals surface area contributed by atoms with E-state index in [2.05, 4.69) is 5.32 Å². The summed E-state index contributed by atoms with van der Waals surface area (Å²) in [5.41, 5.74) is 10.6. The normalized spacial score (nSPS) is 15.8. The van der Waals surface area contributed by atoms with Gasteiger partial charge < -0.3 is 16.8 Å². The van der Waals surface area contributed by atoms with Gasteiger partial charge >= 0.3 is 0 Å². The first-order valence-corrected chi connectivity index (χ1v) is 6.48. The minimum absolute atomic E-state index is 0.225. The summed E-state index contributed by atoms with van der Waals surface area (Å²) in [4.78, 5) is 10.6. The summed E-state index contributed by atoms with van der Waals surface area (Å²) >= 11 is 0. The van der Waals surface area contributed by atoms with Gasteiger partial charge in [-0.3, -0.25) is 4.79 Å². The summed E-state index contributed by atoms with van der Waals surface area (Å²) in [5, 5.41) is 2.81. The highest BCUT2D eigenvalue weighted by Crippen LogP contribution is 2.02. The maximum absolute atomic E-state index is 10.6. The van der Waals surface area contributed by atoms with Crippen LogP contribution in [0.2, 0.25) is 0 Å². The first-order valence-electron chi connectivity index (χ1n) is 6.48. The molecule has 16 heavy (non-hydrogen) atoms. The lowest BCUT2D eigenvalue weighted by molar-refractivity contribution is -0.120. The Kier molecular flexibility index (Phi) is 12.0. The minimum atomic E-state index is 0.225. The second-order valence-electron chi connectivity index (χ2n) is 4.15. The van der Waals surface area contributed by atoms with Crippen LogP contribution in [0.25, 0.3) is 0 Å². The van der Waals surface area contributed by atoms with Gasteiger partial charge in [0.05, 0.1) is 0 Å². The fourth-order valence-electron chi connectivity index (χ4n) is 1.55. The molecule has 0 aromatic rings. The second-order valence-corrected chi connectivity index (χ2v) is 4.15. The van der Waals surface area contributed by atoms with Crippen LogP contribution in [0, 0.1) is 0 Å². The van der Waals surface area contributed by atoms with Crippen molar-refractivity contribution in [1.82, 2.24) is 5.32 Å². The molecule has 0 radical (unpaired) electrons. The van der Waals surface area contributed by atoms with Gasteiger partial charge in [-0.15, -0.1) is 0 Å². The smallest absolute Gasteiger partial charge is 0.219 e. The topological polar surface area (TPSA) is 81.1 Å². The molecule has 5 N–H and O–H groups in total. The Bertz CT molecular complexity index is 146. The van der Waals surface area contributed by atoms with E-state index in [0.29, 0.717) is 0 Å². The summed E-state index contributed by atoms with van der Waals surface area (Å²) < 4.78 is 0. The number of hydrogen-bond donors (Lipinski definition) is 3. The number of nitrogens with one attached hydrogen (secondary N) is 1. The Morgan fingerprint density at radius 1 is 0.938 bits per heavy atom. The molecular weight excluding hydrogens is 202 g/mol. The molecule has 4 nitrogen and oxygen atoms in total. The Labute approximate surface area is 99.1 Å². The molecule has 1 rings (SSSR count). The molecule has 4 heteroatoms. The predicted octanol–water partition coefficient (Wildman–Crippen LogP) is 1.14. The molecule has 1 fully saturated rings. The highest BCUT2D eigenvalue weighted by atomic mass is 16.1. The molecule has 96 valence electrons. The van der Waals surface area contributed by atoms with Crippen molar-refractivity contribution in [2.24, 2.45) is 11.5 Å². The molecular formula is C12H27N3O. The number of carbonyl (C=O) groups excluding carboxylic acids is 1. The summed E-state index contributed by atoms with van der Waals surface area (Å²) in [5.74, 6) is 0.225. The first-order chi connectivity index (χ1) is 7.81. The quantitative estimate of drug-likeness (QED) is 0.618. The second kappa shape index (κ2) is 12.5. The summed E-state index contributed by atoms with van der Waals surface area (Å²) in [6, 6.07) is 0. The van der Waals surface area contributed by atoms with Crippen LogP contribution < -0.4 is 16.8 Å². The van der Waals surface area contributed by atoms with Crippen molar-refractivity contribution in [3.05, 3.63) is 0 Å². The molecule has 0 spiro atoms. The van der Waals surface area contributed by atoms with E-state index in [1.165, 1.54) is 19.3 Å². The number of nitrogens with two attached hydrogens (primary N) is 2. The van der Waals surface area contributed by atoms with Crippen LogP contribution in [0.4, 0.5) is 0 Å². The van der Waals surface area contributed by atoms with E-state index in [0.717, 1.165) is 51.7 Å². The van der Waals surface area contributed by atoms with E-state index in [4.69, 9.17) is 11.5 Å². The van der Waals surface area contributed by atoms with Crippen LogP contribution in [0.5, 0.6) is 0 Å². The van der Waals surface area contributed by atoms with Crippen LogP contribution in [0.1, 0.15) is 51.4 Å². The zero-order chi connectivity index (χ0) is 12.1. The van der Waals surface area contributed by atoms with Gasteiger partial charge in [0, 0.05) is 13.0 Å². The van der Waals surface area contributed by atoms with E-state index in [1.807, 2.05) is 0 Å². The Morgan fingerprint density at radius 3 is 2.12 bits per heavy atom. The molecule has 0 unspecified atom stereocenters. The number of hydrogen-bond acceptors (Lipinski definition) is 3. The molecule has 0 aromatic carbocycles. The average molecular weight is 229 g/mol. The molecule has 1 saturated heterocycles. The average Bonchev–Trinajstić information content (AvgIpc) is 2.53. The summed E-state index contributed by atoms with van der Waals surface area (Å²) in [6.07, 6.45) is 8.97. The Balaban J connectivity index is 0.000000281.